The van der Waals surface area contributed by atoms with Crippen LogP contribution >= 0.6 is 22.9 Å². The van der Waals surface area contributed by atoms with Gasteiger partial charge in [0.05, 0.1) is 0 Å². The standard InChI is InChI=1S/C8H10ClN3OS/c9-8-11-10-6(14-8)7(13)12-4-2-1-3-5-12/h1-5H2. The molecule has 0 aliphatic carbocycles. The Morgan fingerprint density at radius 3 is 2.57 bits per heavy atom. The van der Waals surface area contributed by atoms with Crippen LogP contribution in [0.3, 0.4) is 0 Å². The van der Waals surface area contributed by atoms with Crippen LogP contribution in [-0.2, 0) is 0 Å². The number of carbonyl (C=O) groups is 1. The van der Waals surface area contributed by atoms with Gasteiger partial charge >= 0.3 is 0 Å². The molecule has 1 aromatic heterocycles. The molecule has 0 bridgehead atoms. The molecule has 0 spiro atoms. The van der Waals surface area contributed by atoms with Crippen molar-refractivity contribution < 1.29 is 4.79 Å². The van der Waals surface area contributed by atoms with E-state index in [9.17, 15) is 4.79 Å². The van der Waals surface area contributed by atoms with Crippen molar-refractivity contribution in [3.63, 3.8) is 0 Å². The van der Waals surface area contributed by atoms with Crippen LogP contribution in [0.25, 0.3) is 0 Å². The van der Waals surface area contributed by atoms with Crippen molar-refractivity contribution in [1.82, 2.24) is 15.1 Å². The lowest BCUT2D eigenvalue weighted by molar-refractivity contribution is 0.0723. The molecule has 2 heterocycles. The van der Waals surface area contributed by atoms with E-state index < -0.39 is 0 Å². The predicted molar refractivity (Wildman–Crippen MR) is 54.7 cm³/mol. The summed E-state index contributed by atoms with van der Waals surface area (Å²) >= 11 is 6.76. The Bertz CT molecular complexity index is 335. The molecular formula is C8H10ClN3OS. The third-order valence-electron chi connectivity index (χ3n) is 2.23. The molecule has 0 aromatic carbocycles. The van der Waals surface area contributed by atoms with E-state index in [4.69, 9.17) is 11.6 Å². The van der Waals surface area contributed by atoms with E-state index in [0.29, 0.717) is 9.47 Å². The average Bonchev–Trinajstić information content (AvgIpc) is 2.65. The van der Waals surface area contributed by atoms with Gasteiger partial charge in [0.15, 0.2) is 0 Å². The molecule has 1 aliphatic heterocycles. The lowest BCUT2D eigenvalue weighted by Crippen LogP contribution is -2.35. The molecular weight excluding hydrogens is 222 g/mol. The highest BCUT2D eigenvalue weighted by Gasteiger charge is 2.21. The van der Waals surface area contributed by atoms with Crippen molar-refractivity contribution >= 4 is 28.8 Å². The number of likely N-dealkylation sites (tertiary alicyclic amines) is 1. The average molecular weight is 232 g/mol. The maximum atomic E-state index is 11.8. The molecule has 1 amide bonds. The topological polar surface area (TPSA) is 46.1 Å². The zero-order chi connectivity index (χ0) is 9.97. The molecule has 0 unspecified atom stereocenters. The second kappa shape index (κ2) is 4.23. The van der Waals surface area contributed by atoms with Crippen LogP contribution in [0.4, 0.5) is 0 Å². The number of rotatable bonds is 1. The van der Waals surface area contributed by atoms with Crippen LogP contribution in [-0.4, -0.2) is 34.1 Å². The molecule has 76 valence electrons. The smallest absolute Gasteiger partial charge is 0.284 e. The predicted octanol–water partition coefficient (Wildman–Crippen LogP) is 1.82. The van der Waals surface area contributed by atoms with Crippen molar-refractivity contribution in [2.75, 3.05) is 13.1 Å². The Balaban J connectivity index is 2.07. The molecule has 0 N–H and O–H groups in total. The van der Waals surface area contributed by atoms with Gasteiger partial charge in [0.2, 0.25) is 9.47 Å². The van der Waals surface area contributed by atoms with Crippen molar-refractivity contribution in [3.8, 4) is 0 Å². The van der Waals surface area contributed by atoms with E-state index in [-0.39, 0.29) is 5.91 Å². The Hall–Kier alpha value is -0.680. The molecule has 1 aromatic rings. The van der Waals surface area contributed by atoms with Gasteiger partial charge in [0.1, 0.15) is 0 Å². The molecule has 2 rings (SSSR count). The maximum Gasteiger partial charge on any atom is 0.284 e. The third kappa shape index (κ3) is 2.04. The van der Waals surface area contributed by atoms with Crippen LogP contribution in [0, 0.1) is 0 Å². The summed E-state index contributed by atoms with van der Waals surface area (Å²) < 4.78 is 0.324. The minimum atomic E-state index is -0.0332. The molecule has 1 saturated heterocycles. The second-order valence-electron chi connectivity index (χ2n) is 3.21. The Morgan fingerprint density at radius 2 is 2.00 bits per heavy atom. The summed E-state index contributed by atoms with van der Waals surface area (Å²) in [5.41, 5.74) is 0. The fourth-order valence-corrected chi connectivity index (χ4v) is 2.32. The molecule has 14 heavy (non-hydrogen) atoms. The zero-order valence-corrected chi connectivity index (χ0v) is 9.14. The normalized spacial score (nSPS) is 17.1. The number of hydrogen-bond donors (Lipinski definition) is 0. The lowest BCUT2D eigenvalue weighted by atomic mass is 10.1. The van der Waals surface area contributed by atoms with Crippen LogP contribution in [0.1, 0.15) is 29.1 Å². The first-order chi connectivity index (χ1) is 6.77. The second-order valence-corrected chi connectivity index (χ2v) is 4.77. The molecule has 0 saturated carbocycles. The quantitative estimate of drug-likeness (QED) is 0.741. The van der Waals surface area contributed by atoms with E-state index in [1.807, 2.05) is 4.90 Å². The van der Waals surface area contributed by atoms with Gasteiger partial charge in [-0.25, -0.2) is 0 Å². The van der Waals surface area contributed by atoms with Gasteiger partial charge in [-0.3, -0.25) is 4.79 Å². The van der Waals surface area contributed by atoms with Gasteiger partial charge in [-0.05, 0) is 30.9 Å². The highest BCUT2D eigenvalue weighted by atomic mass is 35.5. The van der Waals surface area contributed by atoms with Crippen molar-refractivity contribution in [1.29, 1.82) is 0 Å². The van der Waals surface area contributed by atoms with Crippen LogP contribution in [0.15, 0.2) is 0 Å². The van der Waals surface area contributed by atoms with Gasteiger partial charge < -0.3 is 4.90 Å². The first-order valence-electron chi connectivity index (χ1n) is 4.55. The van der Waals surface area contributed by atoms with E-state index in [2.05, 4.69) is 10.2 Å². The van der Waals surface area contributed by atoms with Gasteiger partial charge in [-0.1, -0.05) is 11.3 Å². The Labute approximate surface area is 90.9 Å². The summed E-state index contributed by atoms with van der Waals surface area (Å²) in [5, 5.41) is 7.76. The summed E-state index contributed by atoms with van der Waals surface area (Å²) in [5.74, 6) is -0.0332. The van der Waals surface area contributed by atoms with Gasteiger partial charge in [0, 0.05) is 13.1 Å². The number of piperidine rings is 1. The first kappa shape index (κ1) is 9.86. The van der Waals surface area contributed by atoms with E-state index in [1.54, 1.807) is 0 Å². The molecule has 6 heteroatoms. The van der Waals surface area contributed by atoms with Gasteiger partial charge in [0.25, 0.3) is 5.91 Å². The Morgan fingerprint density at radius 1 is 1.29 bits per heavy atom. The highest BCUT2D eigenvalue weighted by molar-refractivity contribution is 7.17. The number of carbonyl (C=O) groups excluding carboxylic acids is 1. The van der Waals surface area contributed by atoms with Gasteiger partial charge in [-0.15, -0.1) is 10.2 Å². The van der Waals surface area contributed by atoms with E-state index >= 15 is 0 Å². The summed E-state index contributed by atoms with van der Waals surface area (Å²) in [7, 11) is 0. The number of halogens is 1. The largest absolute Gasteiger partial charge is 0.337 e. The molecule has 1 aliphatic rings. The summed E-state index contributed by atoms with van der Waals surface area (Å²) in [6.45, 7) is 1.66. The van der Waals surface area contributed by atoms with E-state index in [1.165, 1.54) is 6.42 Å². The number of nitrogens with zero attached hydrogens (tertiary/aromatic N) is 3. The minimum absolute atomic E-state index is 0.0332. The Kier molecular flexibility index (Phi) is 2.98. The van der Waals surface area contributed by atoms with Crippen LogP contribution in [0.2, 0.25) is 4.47 Å². The lowest BCUT2D eigenvalue weighted by Gasteiger charge is -2.25. The number of hydrogen-bond acceptors (Lipinski definition) is 4. The zero-order valence-electron chi connectivity index (χ0n) is 7.57. The molecule has 4 nitrogen and oxygen atoms in total. The van der Waals surface area contributed by atoms with Gasteiger partial charge in [-0.2, -0.15) is 0 Å². The third-order valence-corrected chi connectivity index (χ3v) is 3.23. The molecule has 1 fully saturated rings. The minimum Gasteiger partial charge on any atom is -0.337 e. The number of amides is 1. The van der Waals surface area contributed by atoms with Crippen molar-refractivity contribution in [2.24, 2.45) is 0 Å². The summed E-state index contributed by atoms with van der Waals surface area (Å²) in [6.07, 6.45) is 3.37. The fraction of sp³-hybridized carbons (Fsp3) is 0.625. The van der Waals surface area contributed by atoms with Crippen molar-refractivity contribution in [2.45, 2.75) is 19.3 Å². The fourth-order valence-electron chi connectivity index (χ4n) is 1.52. The van der Waals surface area contributed by atoms with Crippen molar-refractivity contribution in [3.05, 3.63) is 9.47 Å². The first-order valence-corrected chi connectivity index (χ1v) is 5.75. The monoisotopic (exact) mass is 231 g/mol. The van der Waals surface area contributed by atoms with Crippen LogP contribution < -0.4 is 0 Å². The SMILES string of the molecule is O=C(c1nnc(Cl)s1)N1CCCCC1. The molecule has 0 atom stereocenters. The number of aromatic nitrogens is 2. The highest BCUT2D eigenvalue weighted by Crippen LogP contribution is 2.18. The van der Waals surface area contributed by atoms with Crippen LogP contribution in [0.5, 0.6) is 0 Å². The van der Waals surface area contributed by atoms with E-state index in [0.717, 1.165) is 37.3 Å². The molecule has 0 radical (unpaired) electrons. The summed E-state index contributed by atoms with van der Waals surface area (Å²) in [4.78, 5) is 13.6. The summed E-state index contributed by atoms with van der Waals surface area (Å²) in [6, 6.07) is 0. The maximum absolute atomic E-state index is 11.8.